The maximum Gasteiger partial charge on any atom is 0.320 e. The first-order valence-corrected chi connectivity index (χ1v) is 8.96. The number of imidazole rings is 1. The maximum atomic E-state index is 12.4. The van der Waals surface area contributed by atoms with Gasteiger partial charge in [-0.3, -0.25) is 9.36 Å². The molecule has 0 aromatic carbocycles. The molecule has 2 aromatic heterocycles. The van der Waals surface area contributed by atoms with Crippen molar-refractivity contribution in [1.82, 2.24) is 24.6 Å². The van der Waals surface area contributed by atoms with Gasteiger partial charge >= 0.3 is 5.97 Å². The molecule has 0 amide bonds. The number of carboxylic acids is 1. The molecule has 1 aliphatic heterocycles. The van der Waals surface area contributed by atoms with Crippen LogP contribution in [-0.4, -0.2) is 55.7 Å². The molecule has 2 unspecified atom stereocenters. The normalized spacial score (nSPS) is 25.6. The van der Waals surface area contributed by atoms with Gasteiger partial charge in [-0.25, -0.2) is 20.0 Å². The summed E-state index contributed by atoms with van der Waals surface area (Å²) in [5, 5.41) is 11.3. The number of anilines is 1. The molecule has 4 N–H and O–H groups in total. The Kier molecular flexibility index (Phi) is 4.50. The minimum absolute atomic E-state index is 0.0524. The standard InChI is InChI=1S/C12H17N6O5P/c1-7(12(19)20)17-24(21)6-22-8(3-23-24)2-18-5-16-9-10(13)14-4-15-11(9)18/h4-5,7-8H,2-3,6H2,1H3,(H,17,21)(H,19,20)(H2,13,14,15)/t7?,8-,24?/m0/s1. The predicted octanol–water partition coefficient (Wildman–Crippen LogP) is 0.0372. The van der Waals surface area contributed by atoms with Gasteiger partial charge in [-0.05, 0) is 6.92 Å². The van der Waals surface area contributed by atoms with Gasteiger partial charge in [-0.1, -0.05) is 0 Å². The molecule has 0 saturated carbocycles. The molecule has 0 bridgehead atoms. The van der Waals surface area contributed by atoms with Crippen molar-refractivity contribution in [2.75, 3.05) is 18.7 Å². The number of carbonyl (C=O) groups is 1. The fraction of sp³-hybridized carbons (Fsp3) is 0.500. The number of fused-ring (bicyclic) bond motifs is 1. The summed E-state index contributed by atoms with van der Waals surface area (Å²) in [4.78, 5) is 23.0. The van der Waals surface area contributed by atoms with Crippen molar-refractivity contribution in [3.8, 4) is 0 Å². The molecule has 1 fully saturated rings. The predicted molar refractivity (Wildman–Crippen MR) is 83.3 cm³/mol. The summed E-state index contributed by atoms with van der Waals surface area (Å²) in [6, 6.07) is -0.992. The Balaban J connectivity index is 1.64. The van der Waals surface area contributed by atoms with E-state index in [0.717, 1.165) is 0 Å². The van der Waals surface area contributed by atoms with Crippen LogP contribution in [0.3, 0.4) is 0 Å². The number of nitrogen functional groups attached to an aromatic ring is 1. The second kappa shape index (κ2) is 6.44. The Morgan fingerprint density at radius 3 is 3.04 bits per heavy atom. The SMILES string of the molecule is CC(NP1(=O)CO[C@@H](Cn2cnc3c(N)ncnc32)CO1)C(=O)O. The number of nitrogens with two attached hydrogens (primary N) is 1. The first-order chi connectivity index (χ1) is 11.4. The second-order valence-electron chi connectivity index (χ2n) is 5.40. The molecule has 130 valence electrons. The molecule has 1 aliphatic rings. The first kappa shape index (κ1) is 16.8. The van der Waals surface area contributed by atoms with Crippen molar-refractivity contribution in [1.29, 1.82) is 0 Å². The van der Waals surface area contributed by atoms with Gasteiger partial charge in [0.2, 0.25) is 0 Å². The molecule has 1 saturated heterocycles. The Hall–Kier alpha value is -2.07. The highest BCUT2D eigenvalue weighted by Gasteiger charge is 2.34. The van der Waals surface area contributed by atoms with E-state index >= 15 is 0 Å². The van der Waals surface area contributed by atoms with E-state index in [1.807, 2.05) is 0 Å². The van der Waals surface area contributed by atoms with Crippen LogP contribution in [-0.2, 0) is 25.2 Å². The Bertz CT molecular complexity index is 798. The van der Waals surface area contributed by atoms with Crippen LogP contribution >= 0.6 is 7.52 Å². The Morgan fingerprint density at radius 1 is 1.58 bits per heavy atom. The van der Waals surface area contributed by atoms with E-state index in [9.17, 15) is 9.36 Å². The van der Waals surface area contributed by atoms with Gasteiger partial charge in [0, 0.05) is 0 Å². The third-order valence-corrected chi connectivity index (χ3v) is 5.38. The lowest BCUT2D eigenvalue weighted by Crippen LogP contribution is -2.38. The van der Waals surface area contributed by atoms with Gasteiger partial charge in [0.25, 0.3) is 7.52 Å². The summed E-state index contributed by atoms with van der Waals surface area (Å²) in [7, 11) is -3.33. The molecule has 0 radical (unpaired) electrons. The average Bonchev–Trinajstić information content (AvgIpc) is 2.94. The van der Waals surface area contributed by atoms with Crippen LogP contribution in [0.4, 0.5) is 5.82 Å². The van der Waals surface area contributed by atoms with Crippen LogP contribution in [0.2, 0.25) is 0 Å². The minimum atomic E-state index is -3.33. The minimum Gasteiger partial charge on any atom is -0.480 e. The number of aliphatic carboxylic acids is 1. The molecular formula is C12H17N6O5P. The van der Waals surface area contributed by atoms with E-state index in [1.54, 1.807) is 10.9 Å². The zero-order chi connectivity index (χ0) is 17.3. The third kappa shape index (κ3) is 3.39. The van der Waals surface area contributed by atoms with Crippen molar-refractivity contribution in [3.05, 3.63) is 12.7 Å². The number of hydrogen-bond acceptors (Lipinski definition) is 8. The van der Waals surface area contributed by atoms with E-state index in [0.29, 0.717) is 17.7 Å². The lowest BCUT2D eigenvalue weighted by Gasteiger charge is -2.30. The highest BCUT2D eigenvalue weighted by molar-refractivity contribution is 7.56. The van der Waals surface area contributed by atoms with Crippen LogP contribution in [0.25, 0.3) is 11.2 Å². The zero-order valence-electron chi connectivity index (χ0n) is 12.8. The van der Waals surface area contributed by atoms with Crippen LogP contribution < -0.4 is 10.8 Å². The van der Waals surface area contributed by atoms with Crippen molar-refractivity contribution in [2.45, 2.75) is 25.6 Å². The number of rotatable bonds is 5. The lowest BCUT2D eigenvalue weighted by atomic mass is 10.3. The number of nitrogens with zero attached hydrogens (tertiary/aromatic N) is 4. The number of carboxylic acid groups (broad SMARTS) is 1. The quantitative estimate of drug-likeness (QED) is 0.625. The van der Waals surface area contributed by atoms with Crippen molar-refractivity contribution in [2.24, 2.45) is 0 Å². The van der Waals surface area contributed by atoms with E-state index in [-0.39, 0.29) is 24.9 Å². The smallest absolute Gasteiger partial charge is 0.320 e. The highest BCUT2D eigenvalue weighted by Crippen LogP contribution is 2.46. The molecule has 0 spiro atoms. The molecule has 11 nitrogen and oxygen atoms in total. The lowest BCUT2D eigenvalue weighted by molar-refractivity contribution is -0.138. The zero-order valence-corrected chi connectivity index (χ0v) is 13.7. The largest absolute Gasteiger partial charge is 0.480 e. The van der Waals surface area contributed by atoms with E-state index < -0.39 is 19.5 Å². The number of hydrogen-bond donors (Lipinski definition) is 3. The van der Waals surface area contributed by atoms with Crippen molar-refractivity contribution < 1.29 is 23.7 Å². The van der Waals surface area contributed by atoms with Gasteiger partial charge in [0.05, 0.1) is 19.5 Å². The maximum absolute atomic E-state index is 12.4. The van der Waals surface area contributed by atoms with Crippen LogP contribution in [0.1, 0.15) is 6.92 Å². The molecule has 0 aliphatic carbocycles. The topological polar surface area (TPSA) is 154 Å². The average molecular weight is 356 g/mol. The molecule has 3 rings (SSSR count). The van der Waals surface area contributed by atoms with Crippen molar-refractivity contribution >= 4 is 30.5 Å². The summed E-state index contributed by atoms with van der Waals surface area (Å²) in [6.45, 7) is 1.82. The van der Waals surface area contributed by atoms with Crippen LogP contribution in [0.5, 0.6) is 0 Å². The molecular weight excluding hydrogens is 339 g/mol. The van der Waals surface area contributed by atoms with Crippen LogP contribution in [0, 0.1) is 0 Å². The molecule has 3 atom stereocenters. The fourth-order valence-corrected chi connectivity index (χ4v) is 4.01. The summed E-state index contributed by atoms with van der Waals surface area (Å²) in [6.07, 6.45) is 2.33. The van der Waals surface area contributed by atoms with E-state index in [4.69, 9.17) is 20.1 Å². The monoisotopic (exact) mass is 356 g/mol. The number of nitrogens with one attached hydrogen (secondary N) is 1. The molecule has 24 heavy (non-hydrogen) atoms. The summed E-state index contributed by atoms with van der Waals surface area (Å²) >= 11 is 0. The summed E-state index contributed by atoms with van der Waals surface area (Å²) in [5.41, 5.74) is 6.80. The number of aromatic nitrogens is 4. The van der Waals surface area contributed by atoms with Gasteiger partial charge in [-0.15, -0.1) is 0 Å². The highest BCUT2D eigenvalue weighted by atomic mass is 31.2. The summed E-state index contributed by atoms with van der Waals surface area (Å²) in [5.74, 6) is -0.825. The van der Waals surface area contributed by atoms with Gasteiger partial charge < -0.3 is 24.7 Å². The second-order valence-corrected chi connectivity index (χ2v) is 7.53. The third-order valence-electron chi connectivity index (χ3n) is 3.54. The molecule has 3 heterocycles. The van der Waals surface area contributed by atoms with Gasteiger partial charge in [0.15, 0.2) is 11.5 Å². The van der Waals surface area contributed by atoms with Crippen LogP contribution in [0.15, 0.2) is 12.7 Å². The van der Waals surface area contributed by atoms with Gasteiger partial charge in [-0.2, -0.15) is 0 Å². The van der Waals surface area contributed by atoms with Crippen molar-refractivity contribution in [3.63, 3.8) is 0 Å². The summed E-state index contributed by atoms with van der Waals surface area (Å²) < 4.78 is 25.0. The van der Waals surface area contributed by atoms with E-state index in [1.165, 1.54) is 13.3 Å². The van der Waals surface area contributed by atoms with E-state index in [2.05, 4.69) is 20.0 Å². The first-order valence-electron chi connectivity index (χ1n) is 7.15. The molecule has 12 heteroatoms. The Labute approximate surface area is 136 Å². The number of ether oxygens (including phenoxy) is 1. The Morgan fingerprint density at radius 2 is 2.38 bits per heavy atom. The van der Waals surface area contributed by atoms with Gasteiger partial charge in [0.1, 0.15) is 30.3 Å². The fourth-order valence-electron chi connectivity index (χ4n) is 2.27. The molecule has 2 aromatic rings.